The molecule has 0 aliphatic carbocycles. The average molecular weight is 499 g/mol. The number of piperazine rings is 1. The molecule has 2 heterocycles. The highest BCUT2D eigenvalue weighted by Gasteiger charge is 2.30. The van der Waals surface area contributed by atoms with Crippen molar-refractivity contribution in [1.82, 2.24) is 10.2 Å². The molecule has 5 rings (SSSR count). The van der Waals surface area contributed by atoms with Crippen molar-refractivity contribution < 1.29 is 14.3 Å². The van der Waals surface area contributed by atoms with E-state index in [4.69, 9.17) is 9.47 Å². The van der Waals surface area contributed by atoms with E-state index in [-0.39, 0.29) is 5.91 Å². The Labute approximate surface area is 218 Å². The first-order chi connectivity index (χ1) is 18.2. The van der Waals surface area contributed by atoms with E-state index < -0.39 is 0 Å². The molecule has 0 atom stereocenters. The van der Waals surface area contributed by atoms with E-state index in [0.717, 1.165) is 55.2 Å². The van der Waals surface area contributed by atoms with Gasteiger partial charge in [-0.1, -0.05) is 42.5 Å². The molecule has 3 N–H and O–H groups in total. The van der Waals surface area contributed by atoms with Crippen molar-refractivity contribution in [1.29, 1.82) is 0 Å². The lowest BCUT2D eigenvalue weighted by Gasteiger charge is -2.27. The maximum atomic E-state index is 13.3. The third-order valence-corrected chi connectivity index (χ3v) is 6.58. The lowest BCUT2D eigenvalue weighted by atomic mass is 9.99. The van der Waals surface area contributed by atoms with Gasteiger partial charge in [-0.05, 0) is 43.2 Å². The second kappa shape index (κ2) is 11.5. The van der Waals surface area contributed by atoms with Crippen LogP contribution in [0.1, 0.15) is 30.5 Å². The largest absolute Gasteiger partial charge is 0.490 e. The summed E-state index contributed by atoms with van der Waals surface area (Å²) < 4.78 is 11.6. The molecule has 0 bridgehead atoms. The van der Waals surface area contributed by atoms with Gasteiger partial charge in [0.1, 0.15) is 0 Å². The Balaban J connectivity index is 1.51. The zero-order valence-corrected chi connectivity index (χ0v) is 21.5. The first-order valence-electron chi connectivity index (χ1n) is 13.0. The Morgan fingerprint density at radius 2 is 1.59 bits per heavy atom. The molecule has 3 aromatic rings. The van der Waals surface area contributed by atoms with Crippen molar-refractivity contribution >= 4 is 28.6 Å². The minimum absolute atomic E-state index is 0.159. The quantitative estimate of drug-likeness (QED) is 0.367. The van der Waals surface area contributed by atoms with E-state index in [0.29, 0.717) is 36.0 Å². The van der Waals surface area contributed by atoms with Gasteiger partial charge in [-0.3, -0.25) is 9.69 Å². The first-order valence-corrected chi connectivity index (χ1v) is 13.0. The van der Waals surface area contributed by atoms with Gasteiger partial charge in [-0.2, -0.15) is 0 Å². The van der Waals surface area contributed by atoms with E-state index in [1.807, 2.05) is 56.3 Å². The highest BCUT2D eigenvalue weighted by molar-refractivity contribution is 6.37. The van der Waals surface area contributed by atoms with Crippen LogP contribution < -0.4 is 25.4 Å². The SMILES string of the molecule is CCOc1cc2c(cc1OCC)C(=C(Nc1ccc(CN3CCNCC3)cc1)c1ccccc1)C(=O)N2. The van der Waals surface area contributed by atoms with Crippen molar-refractivity contribution in [2.24, 2.45) is 0 Å². The maximum Gasteiger partial charge on any atom is 0.258 e. The Bertz CT molecular complexity index is 1270. The van der Waals surface area contributed by atoms with E-state index in [2.05, 4.69) is 45.1 Å². The minimum Gasteiger partial charge on any atom is -0.490 e. The van der Waals surface area contributed by atoms with Crippen molar-refractivity contribution in [2.75, 3.05) is 50.0 Å². The lowest BCUT2D eigenvalue weighted by molar-refractivity contribution is -0.110. The van der Waals surface area contributed by atoms with Crippen molar-refractivity contribution in [3.05, 3.63) is 83.4 Å². The highest BCUT2D eigenvalue weighted by Crippen LogP contribution is 2.43. The Morgan fingerprint density at radius 3 is 2.27 bits per heavy atom. The standard InChI is InChI=1S/C30H34N4O3/c1-3-36-26-18-24-25(19-27(26)37-4-2)33-30(35)28(24)29(22-8-6-5-7-9-22)32-23-12-10-21(11-13-23)20-34-16-14-31-15-17-34/h5-13,18-19,31-32H,3-4,14-17,20H2,1-2H3,(H,33,35). The first kappa shape index (κ1) is 24.9. The van der Waals surface area contributed by atoms with Crippen LogP contribution in [0.3, 0.4) is 0 Å². The van der Waals surface area contributed by atoms with E-state index in [9.17, 15) is 4.79 Å². The topological polar surface area (TPSA) is 74.9 Å². The average Bonchev–Trinajstić information content (AvgIpc) is 3.24. The predicted octanol–water partition coefficient (Wildman–Crippen LogP) is 4.82. The molecule has 0 aromatic heterocycles. The molecule has 1 saturated heterocycles. The molecule has 0 radical (unpaired) electrons. The van der Waals surface area contributed by atoms with Crippen LogP contribution in [-0.4, -0.2) is 50.2 Å². The fourth-order valence-electron chi connectivity index (χ4n) is 4.81. The molecular formula is C30H34N4O3. The number of hydrogen-bond donors (Lipinski definition) is 3. The van der Waals surface area contributed by atoms with Crippen molar-refractivity contribution in [3.8, 4) is 11.5 Å². The number of ether oxygens (including phenoxy) is 2. The van der Waals surface area contributed by atoms with E-state index >= 15 is 0 Å². The fraction of sp³-hybridized carbons (Fsp3) is 0.300. The summed E-state index contributed by atoms with van der Waals surface area (Å²) in [6.07, 6.45) is 0. The van der Waals surface area contributed by atoms with E-state index in [1.165, 1.54) is 5.56 Å². The van der Waals surface area contributed by atoms with Crippen LogP contribution in [0.4, 0.5) is 11.4 Å². The second-order valence-electron chi connectivity index (χ2n) is 9.13. The van der Waals surface area contributed by atoms with Crippen LogP contribution >= 0.6 is 0 Å². The summed E-state index contributed by atoms with van der Waals surface area (Å²) in [6.45, 7) is 10.0. The number of nitrogens with zero attached hydrogens (tertiary/aromatic N) is 1. The summed E-state index contributed by atoms with van der Waals surface area (Å²) >= 11 is 0. The van der Waals surface area contributed by atoms with Crippen LogP contribution in [0.25, 0.3) is 11.3 Å². The number of nitrogens with one attached hydrogen (secondary N) is 3. The number of rotatable bonds is 9. The van der Waals surface area contributed by atoms with Crippen molar-refractivity contribution in [2.45, 2.75) is 20.4 Å². The molecular weight excluding hydrogens is 464 g/mol. The van der Waals surface area contributed by atoms with Gasteiger partial charge < -0.3 is 25.4 Å². The highest BCUT2D eigenvalue weighted by atomic mass is 16.5. The van der Waals surface area contributed by atoms with Crippen LogP contribution in [0.5, 0.6) is 11.5 Å². The molecule has 37 heavy (non-hydrogen) atoms. The number of hydrogen-bond acceptors (Lipinski definition) is 6. The number of carbonyl (C=O) groups excluding carboxylic acids is 1. The third-order valence-electron chi connectivity index (χ3n) is 6.58. The number of anilines is 2. The van der Waals surface area contributed by atoms with Crippen LogP contribution in [0.2, 0.25) is 0 Å². The van der Waals surface area contributed by atoms with Gasteiger partial charge in [0.2, 0.25) is 0 Å². The minimum atomic E-state index is -0.159. The molecule has 0 spiro atoms. The van der Waals surface area contributed by atoms with Gasteiger partial charge in [0, 0.05) is 50.0 Å². The van der Waals surface area contributed by atoms with Gasteiger partial charge in [0.15, 0.2) is 11.5 Å². The molecule has 0 unspecified atom stereocenters. The van der Waals surface area contributed by atoms with E-state index in [1.54, 1.807) is 0 Å². The van der Waals surface area contributed by atoms with Gasteiger partial charge >= 0.3 is 0 Å². The molecule has 0 saturated carbocycles. The normalized spacial score (nSPS) is 16.6. The van der Waals surface area contributed by atoms with Gasteiger partial charge in [0.25, 0.3) is 5.91 Å². The monoisotopic (exact) mass is 498 g/mol. The second-order valence-corrected chi connectivity index (χ2v) is 9.13. The van der Waals surface area contributed by atoms with Gasteiger partial charge in [-0.25, -0.2) is 0 Å². The zero-order valence-electron chi connectivity index (χ0n) is 21.5. The van der Waals surface area contributed by atoms with Gasteiger partial charge in [0.05, 0.1) is 30.2 Å². The molecule has 1 fully saturated rings. The third kappa shape index (κ3) is 5.63. The summed E-state index contributed by atoms with van der Waals surface area (Å²) in [5.41, 5.74) is 5.96. The summed E-state index contributed by atoms with van der Waals surface area (Å²) in [7, 11) is 0. The summed E-state index contributed by atoms with van der Waals surface area (Å²) in [6, 6.07) is 22.2. The van der Waals surface area contributed by atoms with Gasteiger partial charge in [-0.15, -0.1) is 0 Å². The van der Waals surface area contributed by atoms with Crippen LogP contribution in [0.15, 0.2) is 66.7 Å². The number of carbonyl (C=O) groups is 1. The van der Waals surface area contributed by atoms with Crippen molar-refractivity contribution in [3.63, 3.8) is 0 Å². The molecule has 2 aliphatic rings. The maximum absolute atomic E-state index is 13.3. The van der Waals surface area contributed by atoms with Crippen LogP contribution in [-0.2, 0) is 11.3 Å². The molecule has 3 aromatic carbocycles. The molecule has 7 heteroatoms. The molecule has 2 aliphatic heterocycles. The smallest absolute Gasteiger partial charge is 0.258 e. The molecule has 1 amide bonds. The fourth-order valence-corrected chi connectivity index (χ4v) is 4.81. The Kier molecular flexibility index (Phi) is 7.73. The molecule has 192 valence electrons. The predicted molar refractivity (Wildman–Crippen MR) is 149 cm³/mol. The number of fused-ring (bicyclic) bond motifs is 1. The Morgan fingerprint density at radius 1 is 0.919 bits per heavy atom. The Hall–Kier alpha value is -3.81. The summed E-state index contributed by atoms with van der Waals surface area (Å²) in [5.74, 6) is 1.09. The lowest BCUT2D eigenvalue weighted by Crippen LogP contribution is -2.42. The zero-order chi connectivity index (χ0) is 25.6. The van der Waals surface area contributed by atoms with Crippen LogP contribution in [0, 0.1) is 0 Å². The molecule has 7 nitrogen and oxygen atoms in total. The summed E-state index contributed by atoms with van der Waals surface area (Å²) in [5, 5.41) is 9.98. The number of benzene rings is 3. The number of amides is 1. The summed E-state index contributed by atoms with van der Waals surface area (Å²) in [4.78, 5) is 15.8.